The van der Waals surface area contributed by atoms with Gasteiger partial charge in [0, 0.05) is 38.0 Å². The maximum atomic E-state index is 5.24. The molecule has 0 saturated heterocycles. The van der Waals surface area contributed by atoms with Gasteiger partial charge < -0.3 is 9.80 Å². The van der Waals surface area contributed by atoms with Crippen molar-refractivity contribution in [1.29, 1.82) is 0 Å². The standard InChI is InChI=1S/C12H16N2S6/c1-13(2)11(15)19-17-9-5-7-10(8-6-9)18-20-12(16)14(3)4/h5-8H,1-4H3. The van der Waals surface area contributed by atoms with Gasteiger partial charge in [-0.05, 0) is 45.9 Å². The minimum Gasteiger partial charge on any atom is -0.363 e. The van der Waals surface area contributed by atoms with Gasteiger partial charge in [0.1, 0.15) is 8.64 Å². The Morgan fingerprint density at radius 2 is 1.05 bits per heavy atom. The molecule has 0 aliphatic heterocycles. The molecule has 0 atom stereocenters. The van der Waals surface area contributed by atoms with Gasteiger partial charge in [-0.15, -0.1) is 0 Å². The summed E-state index contributed by atoms with van der Waals surface area (Å²) < 4.78 is 1.75. The minimum atomic E-state index is 0.875. The fraction of sp³-hybridized carbons (Fsp3) is 0.333. The van der Waals surface area contributed by atoms with Crippen molar-refractivity contribution >= 4 is 76.3 Å². The molecule has 8 heteroatoms. The van der Waals surface area contributed by atoms with E-state index in [-0.39, 0.29) is 0 Å². The van der Waals surface area contributed by atoms with Gasteiger partial charge in [-0.2, -0.15) is 0 Å². The molecule has 2 nitrogen and oxygen atoms in total. The van der Waals surface area contributed by atoms with Gasteiger partial charge in [0.2, 0.25) is 0 Å². The molecule has 0 saturated carbocycles. The summed E-state index contributed by atoms with van der Waals surface area (Å²) in [4.78, 5) is 6.28. The van der Waals surface area contributed by atoms with Gasteiger partial charge >= 0.3 is 0 Å². The zero-order valence-corrected chi connectivity index (χ0v) is 16.6. The van der Waals surface area contributed by atoms with Crippen LogP contribution in [0.2, 0.25) is 0 Å². The number of rotatable bonds is 4. The van der Waals surface area contributed by atoms with Crippen LogP contribution in [0, 0.1) is 0 Å². The van der Waals surface area contributed by atoms with Crippen LogP contribution in [0.3, 0.4) is 0 Å². The lowest BCUT2D eigenvalue weighted by atomic mass is 10.4. The second-order valence-corrected chi connectivity index (χ2v) is 9.80. The molecule has 110 valence electrons. The Morgan fingerprint density at radius 3 is 1.30 bits per heavy atom. The third kappa shape index (κ3) is 6.91. The van der Waals surface area contributed by atoms with Crippen LogP contribution >= 0.6 is 67.6 Å². The van der Waals surface area contributed by atoms with E-state index in [1.54, 1.807) is 43.2 Å². The summed E-state index contributed by atoms with van der Waals surface area (Å²) in [6.45, 7) is 0. The van der Waals surface area contributed by atoms with Gasteiger partial charge in [-0.1, -0.05) is 46.0 Å². The summed E-state index contributed by atoms with van der Waals surface area (Å²) in [6, 6.07) is 8.43. The van der Waals surface area contributed by atoms with Crippen molar-refractivity contribution in [2.75, 3.05) is 28.2 Å². The second-order valence-electron chi connectivity index (χ2n) is 4.13. The van der Waals surface area contributed by atoms with E-state index in [0.717, 1.165) is 8.64 Å². The maximum absolute atomic E-state index is 5.24. The molecule has 0 aliphatic rings. The highest BCUT2D eigenvalue weighted by atomic mass is 33.1. The van der Waals surface area contributed by atoms with E-state index in [1.165, 1.54) is 9.79 Å². The molecule has 1 aromatic rings. The van der Waals surface area contributed by atoms with Crippen LogP contribution in [-0.2, 0) is 0 Å². The summed E-state index contributed by atoms with van der Waals surface area (Å²) in [5, 5.41) is 0. The van der Waals surface area contributed by atoms with Crippen molar-refractivity contribution in [1.82, 2.24) is 9.80 Å². The average Bonchev–Trinajstić information content (AvgIpc) is 2.42. The largest absolute Gasteiger partial charge is 0.363 e. The second kappa shape index (κ2) is 9.42. The predicted molar refractivity (Wildman–Crippen MR) is 106 cm³/mol. The SMILES string of the molecule is CN(C)C(=S)SSc1ccc(SSC(=S)N(C)C)cc1. The molecule has 1 rings (SSSR count). The van der Waals surface area contributed by atoms with Crippen LogP contribution in [0.15, 0.2) is 34.1 Å². The van der Waals surface area contributed by atoms with Gasteiger partial charge in [0.15, 0.2) is 0 Å². The topological polar surface area (TPSA) is 6.48 Å². The summed E-state index contributed by atoms with van der Waals surface area (Å²) in [6.07, 6.45) is 0. The smallest absolute Gasteiger partial charge is 0.146 e. The van der Waals surface area contributed by atoms with Crippen LogP contribution in [0.25, 0.3) is 0 Å². The minimum absolute atomic E-state index is 0.875. The van der Waals surface area contributed by atoms with Crippen molar-refractivity contribution in [3.63, 3.8) is 0 Å². The average molecular weight is 381 g/mol. The molecular weight excluding hydrogens is 365 g/mol. The monoisotopic (exact) mass is 380 g/mol. The number of hydrogen-bond donors (Lipinski definition) is 0. The lowest BCUT2D eigenvalue weighted by Gasteiger charge is -2.12. The van der Waals surface area contributed by atoms with E-state index in [1.807, 2.05) is 38.0 Å². The van der Waals surface area contributed by atoms with E-state index in [9.17, 15) is 0 Å². The molecule has 0 heterocycles. The number of benzene rings is 1. The number of nitrogens with zero attached hydrogens (tertiary/aromatic N) is 2. The Hall–Kier alpha value is 0.400. The van der Waals surface area contributed by atoms with Crippen molar-refractivity contribution < 1.29 is 0 Å². The van der Waals surface area contributed by atoms with Crippen LogP contribution in [-0.4, -0.2) is 46.6 Å². The van der Waals surface area contributed by atoms with Gasteiger partial charge in [0.25, 0.3) is 0 Å². The first-order valence-corrected chi connectivity index (χ1v) is 10.7. The normalized spacial score (nSPS) is 10.2. The molecule has 20 heavy (non-hydrogen) atoms. The molecule has 1 aromatic carbocycles. The van der Waals surface area contributed by atoms with E-state index in [4.69, 9.17) is 24.4 Å². The Bertz CT molecular complexity index is 415. The Kier molecular flexibility index (Phi) is 8.69. The molecule has 0 N–H and O–H groups in total. The lowest BCUT2D eigenvalue weighted by molar-refractivity contribution is 0.648. The fourth-order valence-corrected chi connectivity index (χ4v) is 5.17. The highest BCUT2D eigenvalue weighted by molar-refractivity contribution is 8.84. The molecule has 0 radical (unpaired) electrons. The molecule has 0 amide bonds. The highest BCUT2D eigenvalue weighted by Crippen LogP contribution is 2.36. The van der Waals surface area contributed by atoms with E-state index >= 15 is 0 Å². The molecule has 0 aliphatic carbocycles. The van der Waals surface area contributed by atoms with Crippen LogP contribution < -0.4 is 0 Å². The molecular formula is C12H16N2S6. The summed E-state index contributed by atoms with van der Waals surface area (Å²) in [5.74, 6) is 0. The quantitative estimate of drug-likeness (QED) is 0.533. The van der Waals surface area contributed by atoms with E-state index in [0.29, 0.717) is 0 Å². The number of thiocarbonyl (C=S) groups is 2. The summed E-state index contributed by atoms with van der Waals surface area (Å²) in [5.41, 5.74) is 0. The molecule has 0 unspecified atom stereocenters. The van der Waals surface area contributed by atoms with Gasteiger partial charge in [-0.25, -0.2) is 0 Å². The van der Waals surface area contributed by atoms with E-state index in [2.05, 4.69) is 24.3 Å². The zero-order chi connectivity index (χ0) is 15.1. The first-order chi connectivity index (χ1) is 9.40. The predicted octanol–water partition coefficient (Wildman–Crippen LogP) is 4.86. The third-order valence-electron chi connectivity index (χ3n) is 1.97. The molecule has 0 spiro atoms. The Morgan fingerprint density at radius 1 is 0.750 bits per heavy atom. The highest BCUT2D eigenvalue weighted by Gasteiger charge is 2.04. The molecule has 0 aromatic heterocycles. The summed E-state index contributed by atoms with van der Waals surface area (Å²) >= 11 is 10.5. The van der Waals surface area contributed by atoms with Crippen LogP contribution in [0.1, 0.15) is 0 Å². The lowest BCUT2D eigenvalue weighted by Crippen LogP contribution is -2.14. The first-order valence-electron chi connectivity index (χ1n) is 5.62. The Balaban J connectivity index is 2.44. The third-order valence-corrected chi connectivity index (χ3v) is 8.55. The maximum Gasteiger partial charge on any atom is 0.146 e. The van der Waals surface area contributed by atoms with Crippen molar-refractivity contribution in [2.24, 2.45) is 0 Å². The van der Waals surface area contributed by atoms with Gasteiger partial charge in [0.05, 0.1) is 0 Å². The van der Waals surface area contributed by atoms with Crippen molar-refractivity contribution in [2.45, 2.75) is 9.79 Å². The summed E-state index contributed by atoms with van der Waals surface area (Å²) in [7, 11) is 14.4. The first kappa shape index (κ1) is 18.4. The Labute approximate surface area is 147 Å². The molecule has 0 bridgehead atoms. The molecule has 0 fully saturated rings. The van der Waals surface area contributed by atoms with Crippen molar-refractivity contribution in [3.05, 3.63) is 24.3 Å². The van der Waals surface area contributed by atoms with Gasteiger partial charge in [-0.3, -0.25) is 0 Å². The van der Waals surface area contributed by atoms with E-state index < -0.39 is 0 Å². The van der Waals surface area contributed by atoms with Crippen LogP contribution in [0.4, 0.5) is 0 Å². The fourth-order valence-electron chi connectivity index (χ4n) is 0.867. The van der Waals surface area contributed by atoms with Crippen molar-refractivity contribution in [3.8, 4) is 0 Å². The van der Waals surface area contributed by atoms with Crippen LogP contribution in [0.5, 0.6) is 0 Å². The zero-order valence-electron chi connectivity index (χ0n) is 11.7. The number of hydrogen-bond acceptors (Lipinski definition) is 6.